The topological polar surface area (TPSA) is 99.5 Å². The number of fused-ring (bicyclic) bond motifs is 1. The molecule has 2 fully saturated rings. The van der Waals surface area contributed by atoms with Gasteiger partial charge in [0, 0.05) is 25.6 Å². The molecule has 2 amide bonds. The standard InChI is InChI=1S/C33H31N3O4/c1-40-31(38)23-9-5-8-22(16-23)25-11-10-24(18-35-30(37)28-17-27(28)21-6-3-2-4-7-21)29-19-36(15-12-26(25)29)32(39)33(20-34)13-14-33/h2-11,16,27-28H,12-15,17-19H2,1H3,(H,35,37)/t27-,28-/m0/s1. The fourth-order valence-electron chi connectivity index (χ4n) is 5.95. The Hall–Kier alpha value is -4.44. The second-order valence-electron chi connectivity index (χ2n) is 11.0. The lowest BCUT2D eigenvalue weighted by atomic mass is 9.86. The zero-order valence-electron chi connectivity index (χ0n) is 22.5. The lowest BCUT2D eigenvalue weighted by molar-refractivity contribution is -0.136. The van der Waals surface area contributed by atoms with Crippen LogP contribution in [-0.4, -0.2) is 36.3 Å². The Labute approximate surface area is 233 Å². The molecule has 40 heavy (non-hydrogen) atoms. The number of esters is 1. The Morgan fingerprint density at radius 1 is 1.05 bits per heavy atom. The number of methoxy groups -OCH3 is 1. The molecule has 0 unspecified atom stereocenters. The number of carbonyl (C=O) groups excluding carboxylic acids is 3. The fourth-order valence-corrected chi connectivity index (χ4v) is 5.95. The molecule has 3 aromatic rings. The summed E-state index contributed by atoms with van der Waals surface area (Å²) in [6.45, 7) is 1.28. The number of nitrogens with one attached hydrogen (secondary N) is 1. The maximum absolute atomic E-state index is 13.3. The van der Waals surface area contributed by atoms with Gasteiger partial charge in [0.15, 0.2) is 0 Å². The van der Waals surface area contributed by atoms with Crippen LogP contribution in [-0.2, 0) is 33.8 Å². The van der Waals surface area contributed by atoms with Gasteiger partial charge in [-0.2, -0.15) is 5.26 Å². The number of benzene rings is 3. The van der Waals surface area contributed by atoms with Crippen LogP contribution in [0.25, 0.3) is 11.1 Å². The Morgan fingerprint density at radius 2 is 1.85 bits per heavy atom. The number of ether oxygens (including phenoxy) is 1. The maximum Gasteiger partial charge on any atom is 0.337 e. The van der Waals surface area contributed by atoms with Crippen LogP contribution in [0.15, 0.2) is 66.7 Å². The van der Waals surface area contributed by atoms with Gasteiger partial charge >= 0.3 is 5.97 Å². The second-order valence-corrected chi connectivity index (χ2v) is 11.0. The van der Waals surface area contributed by atoms with Crippen molar-refractivity contribution in [2.45, 2.75) is 44.7 Å². The third-order valence-corrected chi connectivity index (χ3v) is 8.57. The van der Waals surface area contributed by atoms with Crippen LogP contribution >= 0.6 is 0 Å². The minimum atomic E-state index is -0.878. The minimum Gasteiger partial charge on any atom is -0.465 e. The molecule has 1 heterocycles. The first-order valence-electron chi connectivity index (χ1n) is 13.8. The Bertz CT molecular complexity index is 1540. The van der Waals surface area contributed by atoms with Crippen molar-refractivity contribution in [3.05, 3.63) is 94.5 Å². The summed E-state index contributed by atoms with van der Waals surface area (Å²) in [4.78, 5) is 40.3. The van der Waals surface area contributed by atoms with Crippen LogP contribution in [0.3, 0.4) is 0 Å². The van der Waals surface area contributed by atoms with Crippen molar-refractivity contribution >= 4 is 17.8 Å². The minimum absolute atomic E-state index is 0.0259. The molecule has 1 aliphatic heterocycles. The number of amides is 2. The number of hydrogen-bond acceptors (Lipinski definition) is 5. The van der Waals surface area contributed by atoms with E-state index in [1.54, 1.807) is 11.0 Å². The average molecular weight is 534 g/mol. The molecule has 0 spiro atoms. The molecule has 0 bridgehead atoms. The van der Waals surface area contributed by atoms with Crippen molar-refractivity contribution < 1.29 is 19.1 Å². The maximum atomic E-state index is 13.3. The van der Waals surface area contributed by atoms with Gasteiger partial charge in [-0.3, -0.25) is 9.59 Å². The van der Waals surface area contributed by atoms with E-state index in [1.165, 1.54) is 12.7 Å². The molecule has 2 atom stereocenters. The van der Waals surface area contributed by atoms with E-state index in [-0.39, 0.29) is 23.7 Å². The van der Waals surface area contributed by atoms with E-state index in [0.717, 1.165) is 34.2 Å². The summed E-state index contributed by atoms with van der Waals surface area (Å²) in [5.41, 5.74) is 5.76. The van der Waals surface area contributed by atoms with Crippen molar-refractivity contribution in [1.82, 2.24) is 10.2 Å². The molecule has 0 radical (unpaired) electrons. The normalized spacial score (nSPS) is 20.1. The predicted octanol–water partition coefficient (Wildman–Crippen LogP) is 4.75. The van der Waals surface area contributed by atoms with Crippen molar-refractivity contribution in [1.29, 1.82) is 5.26 Å². The van der Waals surface area contributed by atoms with Gasteiger partial charge < -0.3 is 15.0 Å². The lowest BCUT2D eigenvalue weighted by Crippen LogP contribution is -2.41. The average Bonchev–Trinajstić information content (AvgIpc) is 3.94. The Balaban J connectivity index is 1.27. The Kier molecular flexibility index (Phi) is 6.63. The number of carbonyl (C=O) groups is 3. The lowest BCUT2D eigenvalue weighted by Gasteiger charge is -2.33. The SMILES string of the molecule is COC(=O)c1cccc(-c2ccc(CNC(=O)[C@H]3C[C@H]3c3ccccc3)c3c2CCN(C(=O)C2(C#N)CC2)C3)c1. The summed E-state index contributed by atoms with van der Waals surface area (Å²) >= 11 is 0. The van der Waals surface area contributed by atoms with Crippen LogP contribution in [0, 0.1) is 22.7 Å². The highest BCUT2D eigenvalue weighted by molar-refractivity contribution is 5.91. The van der Waals surface area contributed by atoms with Crippen molar-refractivity contribution in [2.75, 3.05) is 13.7 Å². The fraction of sp³-hybridized carbons (Fsp3) is 0.333. The first kappa shape index (κ1) is 25.8. The van der Waals surface area contributed by atoms with Gasteiger partial charge in [0.1, 0.15) is 5.41 Å². The van der Waals surface area contributed by atoms with Gasteiger partial charge in [-0.1, -0.05) is 54.6 Å². The summed E-state index contributed by atoms with van der Waals surface area (Å²) in [5, 5.41) is 12.8. The van der Waals surface area contributed by atoms with Crippen LogP contribution < -0.4 is 5.32 Å². The highest BCUT2D eigenvalue weighted by Gasteiger charge is 2.53. The smallest absolute Gasteiger partial charge is 0.337 e. The number of nitriles is 1. The van der Waals surface area contributed by atoms with Crippen LogP contribution in [0.4, 0.5) is 0 Å². The molecule has 202 valence electrons. The quantitative estimate of drug-likeness (QED) is 0.442. The van der Waals surface area contributed by atoms with Gasteiger partial charge in [-0.25, -0.2) is 4.79 Å². The number of hydrogen-bond donors (Lipinski definition) is 1. The van der Waals surface area contributed by atoms with Gasteiger partial charge in [0.2, 0.25) is 11.8 Å². The van der Waals surface area contributed by atoms with Gasteiger partial charge in [-0.15, -0.1) is 0 Å². The monoisotopic (exact) mass is 533 g/mol. The first-order chi connectivity index (χ1) is 19.4. The summed E-state index contributed by atoms with van der Waals surface area (Å²) in [6.07, 6.45) is 2.70. The molecular weight excluding hydrogens is 502 g/mol. The third-order valence-electron chi connectivity index (χ3n) is 8.57. The summed E-state index contributed by atoms with van der Waals surface area (Å²) in [5.74, 6) is -0.220. The first-order valence-corrected chi connectivity index (χ1v) is 13.8. The highest BCUT2D eigenvalue weighted by atomic mass is 16.5. The summed E-state index contributed by atoms with van der Waals surface area (Å²) in [6, 6.07) is 23.8. The second kappa shape index (κ2) is 10.3. The Morgan fingerprint density at radius 3 is 2.58 bits per heavy atom. The summed E-state index contributed by atoms with van der Waals surface area (Å²) < 4.78 is 4.91. The zero-order chi connectivity index (χ0) is 27.9. The molecule has 3 aromatic carbocycles. The van der Waals surface area contributed by atoms with Gasteiger partial charge in [0.05, 0.1) is 18.7 Å². The largest absolute Gasteiger partial charge is 0.465 e. The van der Waals surface area contributed by atoms with Gasteiger partial charge in [-0.05, 0) is 77.1 Å². The molecule has 0 aromatic heterocycles. The molecule has 2 aliphatic carbocycles. The third kappa shape index (κ3) is 4.75. The number of rotatable bonds is 7. The van der Waals surface area contributed by atoms with Crippen LogP contribution in [0.1, 0.15) is 57.8 Å². The van der Waals surface area contributed by atoms with Crippen LogP contribution in [0.2, 0.25) is 0 Å². The zero-order valence-corrected chi connectivity index (χ0v) is 22.5. The predicted molar refractivity (Wildman–Crippen MR) is 149 cm³/mol. The molecule has 2 saturated carbocycles. The summed E-state index contributed by atoms with van der Waals surface area (Å²) in [7, 11) is 1.36. The van der Waals surface area contributed by atoms with E-state index in [9.17, 15) is 19.6 Å². The van der Waals surface area contributed by atoms with E-state index in [0.29, 0.717) is 44.5 Å². The highest BCUT2D eigenvalue weighted by Crippen LogP contribution is 2.48. The molecule has 3 aliphatic rings. The molecule has 7 heteroatoms. The molecule has 1 N–H and O–H groups in total. The number of nitrogens with zero attached hydrogens (tertiary/aromatic N) is 2. The van der Waals surface area contributed by atoms with Crippen LogP contribution in [0.5, 0.6) is 0 Å². The van der Waals surface area contributed by atoms with E-state index >= 15 is 0 Å². The van der Waals surface area contributed by atoms with E-state index < -0.39 is 11.4 Å². The van der Waals surface area contributed by atoms with E-state index in [2.05, 4.69) is 23.5 Å². The van der Waals surface area contributed by atoms with Crippen molar-refractivity contribution in [3.63, 3.8) is 0 Å². The van der Waals surface area contributed by atoms with Gasteiger partial charge in [0.25, 0.3) is 0 Å². The van der Waals surface area contributed by atoms with Crippen molar-refractivity contribution in [2.24, 2.45) is 11.3 Å². The molecule has 7 nitrogen and oxygen atoms in total. The molecule has 6 rings (SSSR count). The van der Waals surface area contributed by atoms with E-state index in [4.69, 9.17) is 4.74 Å². The molecule has 0 saturated heterocycles. The van der Waals surface area contributed by atoms with Crippen molar-refractivity contribution in [3.8, 4) is 17.2 Å². The molecular formula is C33H31N3O4. The van der Waals surface area contributed by atoms with E-state index in [1.807, 2.05) is 48.5 Å².